The molecule has 140 valence electrons. The summed E-state index contributed by atoms with van der Waals surface area (Å²) in [4.78, 5) is 16.2. The largest absolute Gasteiger partial charge is 0.379 e. The summed E-state index contributed by atoms with van der Waals surface area (Å²) >= 11 is 1.65. The second-order valence-corrected chi connectivity index (χ2v) is 9.12. The van der Waals surface area contributed by atoms with Crippen molar-refractivity contribution >= 4 is 27.1 Å². The molecule has 1 amide bonds. The van der Waals surface area contributed by atoms with Crippen LogP contribution in [0.1, 0.15) is 21.3 Å². The number of amides is 1. The molecule has 1 aromatic heterocycles. The lowest BCUT2D eigenvalue weighted by molar-refractivity contribution is 0.0169. The highest BCUT2D eigenvalue weighted by molar-refractivity contribution is 7.90. The van der Waals surface area contributed by atoms with E-state index in [0.717, 1.165) is 19.3 Å². The summed E-state index contributed by atoms with van der Waals surface area (Å²) in [7, 11) is -3.47. The van der Waals surface area contributed by atoms with Crippen LogP contribution in [0.2, 0.25) is 0 Å². The minimum atomic E-state index is -3.47. The molecule has 26 heavy (non-hydrogen) atoms. The maximum absolute atomic E-state index is 12.7. The predicted octanol–water partition coefficient (Wildman–Crippen LogP) is 1.95. The Kier molecular flexibility index (Phi) is 6.08. The van der Waals surface area contributed by atoms with Crippen molar-refractivity contribution in [1.82, 2.24) is 10.2 Å². The first kappa shape index (κ1) is 19.0. The molecule has 0 radical (unpaired) electrons. The van der Waals surface area contributed by atoms with E-state index in [1.54, 1.807) is 29.5 Å². The average Bonchev–Trinajstić information content (AvgIpc) is 3.16. The number of hydrogen-bond donors (Lipinski definition) is 1. The van der Waals surface area contributed by atoms with Crippen LogP contribution >= 0.6 is 11.3 Å². The van der Waals surface area contributed by atoms with Crippen molar-refractivity contribution in [3.63, 3.8) is 0 Å². The monoisotopic (exact) mass is 394 g/mol. The van der Waals surface area contributed by atoms with Gasteiger partial charge in [0.1, 0.15) is 0 Å². The molecule has 2 heterocycles. The summed E-state index contributed by atoms with van der Waals surface area (Å²) in [5.41, 5.74) is 0.182. The van der Waals surface area contributed by atoms with Gasteiger partial charge in [-0.3, -0.25) is 9.69 Å². The van der Waals surface area contributed by atoms with Gasteiger partial charge in [0.2, 0.25) is 0 Å². The number of hydrogen-bond acceptors (Lipinski definition) is 6. The molecule has 1 aliphatic heterocycles. The highest BCUT2D eigenvalue weighted by atomic mass is 32.2. The zero-order chi connectivity index (χ0) is 18.6. The van der Waals surface area contributed by atoms with Gasteiger partial charge in [-0.15, -0.1) is 11.3 Å². The number of ether oxygens (including phenoxy) is 1. The molecular formula is C18H22N2O4S2. The van der Waals surface area contributed by atoms with Crippen molar-refractivity contribution in [2.45, 2.75) is 10.9 Å². The van der Waals surface area contributed by atoms with Crippen LogP contribution in [0.5, 0.6) is 0 Å². The van der Waals surface area contributed by atoms with Crippen LogP contribution in [0.4, 0.5) is 0 Å². The third kappa shape index (κ3) is 4.50. The second kappa shape index (κ2) is 8.30. The van der Waals surface area contributed by atoms with Crippen LogP contribution in [0.3, 0.4) is 0 Å². The highest BCUT2D eigenvalue weighted by Crippen LogP contribution is 2.25. The standard InChI is InChI=1S/C18H22N2O4S2/c1-26(22,23)17-7-3-2-5-14(17)18(21)19-13-15(16-6-4-12-25-16)20-8-10-24-11-9-20/h2-7,12,15H,8-11,13H2,1H3,(H,19,21). The molecule has 2 aromatic rings. The van der Waals surface area contributed by atoms with E-state index in [-0.39, 0.29) is 22.4 Å². The van der Waals surface area contributed by atoms with Crippen molar-refractivity contribution in [2.75, 3.05) is 39.1 Å². The van der Waals surface area contributed by atoms with Crippen molar-refractivity contribution < 1.29 is 17.9 Å². The summed E-state index contributed by atoms with van der Waals surface area (Å²) in [6, 6.07) is 10.4. The number of thiophene rings is 1. The number of nitrogens with one attached hydrogen (secondary N) is 1. The fraction of sp³-hybridized carbons (Fsp3) is 0.389. The van der Waals surface area contributed by atoms with E-state index in [2.05, 4.69) is 16.3 Å². The van der Waals surface area contributed by atoms with Crippen LogP contribution in [0, 0.1) is 0 Å². The van der Waals surface area contributed by atoms with Crippen LogP contribution < -0.4 is 5.32 Å². The summed E-state index contributed by atoms with van der Waals surface area (Å²) < 4.78 is 29.3. The Morgan fingerprint density at radius 3 is 2.62 bits per heavy atom. The third-order valence-electron chi connectivity index (χ3n) is 4.35. The van der Waals surface area contributed by atoms with Crippen LogP contribution in [0.15, 0.2) is 46.7 Å². The lowest BCUT2D eigenvalue weighted by atomic mass is 10.1. The van der Waals surface area contributed by atoms with Crippen molar-refractivity contribution in [3.05, 3.63) is 52.2 Å². The number of carbonyl (C=O) groups is 1. The molecule has 1 unspecified atom stereocenters. The number of carbonyl (C=O) groups excluding carboxylic acids is 1. The van der Waals surface area contributed by atoms with Gasteiger partial charge in [-0.2, -0.15) is 0 Å². The van der Waals surface area contributed by atoms with E-state index in [1.807, 2.05) is 11.4 Å². The van der Waals surface area contributed by atoms with E-state index in [0.29, 0.717) is 19.8 Å². The van der Waals surface area contributed by atoms with E-state index < -0.39 is 9.84 Å². The maximum atomic E-state index is 12.7. The Morgan fingerprint density at radius 1 is 1.23 bits per heavy atom. The van der Waals surface area contributed by atoms with Gasteiger partial charge in [-0.05, 0) is 23.6 Å². The molecule has 0 saturated carbocycles. The van der Waals surface area contributed by atoms with Crippen LogP contribution in [-0.2, 0) is 14.6 Å². The molecule has 1 aliphatic rings. The fourth-order valence-corrected chi connectivity index (χ4v) is 4.79. The number of nitrogens with zero attached hydrogens (tertiary/aromatic N) is 1. The molecule has 8 heteroatoms. The SMILES string of the molecule is CS(=O)(=O)c1ccccc1C(=O)NCC(c1cccs1)N1CCOCC1. The minimum Gasteiger partial charge on any atom is -0.379 e. The molecular weight excluding hydrogens is 372 g/mol. The smallest absolute Gasteiger partial charge is 0.252 e. The quantitative estimate of drug-likeness (QED) is 0.811. The molecule has 1 saturated heterocycles. The summed E-state index contributed by atoms with van der Waals surface area (Å²) in [6.07, 6.45) is 1.11. The first-order valence-electron chi connectivity index (χ1n) is 8.39. The maximum Gasteiger partial charge on any atom is 0.252 e. The predicted molar refractivity (Wildman–Crippen MR) is 101 cm³/mol. The number of sulfone groups is 1. The van der Waals surface area contributed by atoms with Gasteiger partial charge in [-0.25, -0.2) is 8.42 Å². The number of rotatable bonds is 6. The van der Waals surface area contributed by atoms with Crippen molar-refractivity contribution in [1.29, 1.82) is 0 Å². The van der Waals surface area contributed by atoms with Crippen molar-refractivity contribution in [3.8, 4) is 0 Å². The zero-order valence-corrected chi connectivity index (χ0v) is 16.2. The van der Waals surface area contributed by atoms with E-state index in [9.17, 15) is 13.2 Å². The van der Waals surface area contributed by atoms with Crippen LogP contribution in [0.25, 0.3) is 0 Å². The fourth-order valence-electron chi connectivity index (χ4n) is 3.04. The van der Waals surface area contributed by atoms with E-state index >= 15 is 0 Å². The minimum absolute atomic E-state index is 0.0493. The lowest BCUT2D eigenvalue weighted by Crippen LogP contribution is -2.43. The second-order valence-electron chi connectivity index (χ2n) is 6.16. The van der Waals surface area contributed by atoms with Gasteiger partial charge in [0.05, 0.1) is 29.7 Å². The van der Waals surface area contributed by atoms with Gasteiger partial charge in [-0.1, -0.05) is 18.2 Å². The lowest BCUT2D eigenvalue weighted by Gasteiger charge is -2.34. The van der Waals surface area contributed by atoms with E-state index in [1.165, 1.54) is 10.9 Å². The van der Waals surface area contributed by atoms with Gasteiger partial charge >= 0.3 is 0 Å². The van der Waals surface area contributed by atoms with Gasteiger partial charge in [0.25, 0.3) is 5.91 Å². The Balaban J connectivity index is 1.76. The molecule has 1 aromatic carbocycles. The summed E-state index contributed by atoms with van der Waals surface area (Å²) in [5, 5.41) is 4.94. The molecule has 6 nitrogen and oxygen atoms in total. The van der Waals surface area contributed by atoms with Gasteiger partial charge < -0.3 is 10.1 Å². The Morgan fingerprint density at radius 2 is 1.96 bits per heavy atom. The van der Waals surface area contributed by atoms with Gasteiger partial charge in [0, 0.05) is 30.8 Å². The summed E-state index contributed by atoms with van der Waals surface area (Å²) in [6.45, 7) is 3.37. The first-order chi connectivity index (χ1) is 12.5. The summed E-state index contributed by atoms with van der Waals surface area (Å²) in [5.74, 6) is -0.374. The molecule has 0 spiro atoms. The highest BCUT2D eigenvalue weighted by Gasteiger charge is 2.25. The third-order valence-corrected chi connectivity index (χ3v) is 6.47. The molecule has 1 N–H and O–H groups in total. The molecule has 3 rings (SSSR count). The average molecular weight is 395 g/mol. The Hall–Kier alpha value is -1.74. The Labute approximate surface area is 157 Å². The Bertz CT molecular complexity index is 844. The molecule has 0 aliphatic carbocycles. The molecule has 1 atom stereocenters. The number of benzene rings is 1. The van der Waals surface area contributed by atoms with E-state index in [4.69, 9.17) is 4.74 Å². The zero-order valence-electron chi connectivity index (χ0n) is 14.6. The number of morpholine rings is 1. The van der Waals surface area contributed by atoms with Crippen molar-refractivity contribution in [2.24, 2.45) is 0 Å². The molecule has 0 bridgehead atoms. The topological polar surface area (TPSA) is 75.7 Å². The first-order valence-corrected chi connectivity index (χ1v) is 11.2. The van der Waals surface area contributed by atoms with Gasteiger partial charge in [0.15, 0.2) is 9.84 Å². The normalized spacial score (nSPS) is 17.0. The molecule has 1 fully saturated rings. The van der Waals surface area contributed by atoms with Crippen LogP contribution in [-0.4, -0.2) is 58.3 Å².